The maximum Gasteiger partial charge on any atom is 0.287 e. The quantitative estimate of drug-likeness (QED) is 0.0499. The molecule has 0 spiro atoms. The Bertz CT molecular complexity index is 714. The first-order valence-corrected chi connectivity index (χ1v) is 23.7. The topological polar surface area (TPSA) is 64.6 Å². The summed E-state index contributed by atoms with van der Waals surface area (Å²) >= 11 is 0. The van der Waals surface area contributed by atoms with Gasteiger partial charge >= 0.3 is 0 Å². The minimum atomic E-state index is -0.458. The lowest BCUT2D eigenvalue weighted by molar-refractivity contribution is -0.138. The lowest BCUT2D eigenvalue weighted by atomic mass is 10.0. The highest BCUT2D eigenvalue weighted by Crippen LogP contribution is 2.15. The van der Waals surface area contributed by atoms with Gasteiger partial charge in [0.2, 0.25) is 5.78 Å². The first kappa shape index (κ1) is 51.1. The van der Waals surface area contributed by atoms with E-state index in [1.54, 1.807) is 0 Å². The third-order valence-corrected chi connectivity index (χ3v) is 10.8. The van der Waals surface area contributed by atoms with Crippen molar-refractivity contribution in [2.24, 2.45) is 0 Å². The molecule has 52 heavy (non-hydrogen) atoms. The van der Waals surface area contributed by atoms with Crippen LogP contribution in [-0.4, -0.2) is 44.2 Å². The molecule has 0 bridgehead atoms. The highest BCUT2D eigenvalue weighted by Gasteiger charge is 2.16. The predicted octanol–water partition coefficient (Wildman–Crippen LogP) is 14.6. The molecule has 0 saturated carbocycles. The number of rotatable bonds is 45. The molecule has 1 N–H and O–H groups in total. The van der Waals surface area contributed by atoms with E-state index < -0.39 is 5.91 Å². The van der Waals surface area contributed by atoms with E-state index in [1.807, 2.05) is 0 Å². The van der Waals surface area contributed by atoms with E-state index in [4.69, 9.17) is 9.47 Å². The van der Waals surface area contributed by atoms with Crippen LogP contribution in [0.2, 0.25) is 0 Å². The van der Waals surface area contributed by atoms with Gasteiger partial charge in [0.15, 0.2) is 0 Å². The van der Waals surface area contributed by atoms with Gasteiger partial charge in [0.25, 0.3) is 5.91 Å². The number of nitrogens with one attached hydrogen (secondary N) is 1. The zero-order valence-corrected chi connectivity index (χ0v) is 35.7. The number of hydrogen-bond acceptors (Lipinski definition) is 4. The molecule has 0 heterocycles. The van der Waals surface area contributed by atoms with Gasteiger partial charge in [0.05, 0.1) is 12.7 Å². The average Bonchev–Trinajstić information content (AvgIpc) is 3.15. The van der Waals surface area contributed by atoms with Crippen molar-refractivity contribution in [1.29, 1.82) is 0 Å². The summed E-state index contributed by atoms with van der Waals surface area (Å²) in [7, 11) is 0. The maximum atomic E-state index is 12.6. The first-order chi connectivity index (χ1) is 25.7. The lowest BCUT2D eigenvalue weighted by Gasteiger charge is -2.19. The van der Waals surface area contributed by atoms with Crippen LogP contribution in [-0.2, 0) is 19.1 Å². The SMILES string of the molecule is CCCCCCCCCCCCCCCCOC[C@@H](CNC(=O)C(=O)CCCCCCCCCC)OCCCCCCCCCCCCCCCC. The number of ether oxygens (including phenoxy) is 2. The van der Waals surface area contributed by atoms with Crippen LogP contribution >= 0.6 is 0 Å². The Morgan fingerprint density at radius 1 is 0.404 bits per heavy atom. The van der Waals surface area contributed by atoms with E-state index in [9.17, 15) is 9.59 Å². The summed E-state index contributed by atoms with van der Waals surface area (Å²) in [5.41, 5.74) is 0. The van der Waals surface area contributed by atoms with Crippen molar-refractivity contribution in [2.75, 3.05) is 26.4 Å². The molecule has 0 fully saturated rings. The number of ketones is 1. The molecule has 1 amide bonds. The molecular weight excluding hydrogens is 643 g/mol. The van der Waals surface area contributed by atoms with Crippen LogP contribution in [0.5, 0.6) is 0 Å². The number of amides is 1. The molecule has 5 nitrogen and oxygen atoms in total. The van der Waals surface area contributed by atoms with Crippen molar-refractivity contribution in [3.8, 4) is 0 Å². The van der Waals surface area contributed by atoms with Crippen molar-refractivity contribution in [3.05, 3.63) is 0 Å². The summed E-state index contributed by atoms with van der Waals surface area (Å²) in [5, 5.41) is 2.87. The number of unbranched alkanes of at least 4 members (excludes halogenated alkanes) is 33. The molecule has 0 aliphatic heterocycles. The zero-order chi connectivity index (χ0) is 37.8. The van der Waals surface area contributed by atoms with Gasteiger partial charge in [-0.15, -0.1) is 0 Å². The Hall–Kier alpha value is -0.940. The summed E-state index contributed by atoms with van der Waals surface area (Å²) in [4.78, 5) is 25.0. The van der Waals surface area contributed by atoms with Gasteiger partial charge in [-0.25, -0.2) is 0 Å². The monoisotopic (exact) mass is 736 g/mol. The molecule has 0 aromatic heterocycles. The zero-order valence-electron chi connectivity index (χ0n) is 35.7. The van der Waals surface area contributed by atoms with Gasteiger partial charge in [-0.05, 0) is 19.3 Å². The minimum absolute atomic E-state index is 0.200. The Morgan fingerprint density at radius 3 is 1.08 bits per heavy atom. The van der Waals surface area contributed by atoms with E-state index in [0.717, 1.165) is 38.7 Å². The van der Waals surface area contributed by atoms with Gasteiger partial charge in [-0.1, -0.05) is 233 Å². The second-order valence-corrected chi connectivity index (χ2v) is 16.1. The van der Waals surface area contributed by atoms with Crippen LogP contribution in [0.3, 0.4) is 0 Å². The maximum absolute atomic E-state index is 12.6. The van der Waals surface area contributed by atoms with Gasteiger partial charge in [-0.2, -0.15) is 0 Å². The lowest BCUT2D eigenvalue weighted by Crippen LogP contribution is -2.39. The summed E-state index contributed by atoms with van der Waals surface area (Å²) in [6, 6.07) is 0. The summed E-state index contributed by atoms with van der Waals surface area (Å²) < 4.78 is 12.2. The fourth-order valence-corrected chi connectivity index (χ4v) is 7.16. The molecular formula is C47H93NO4. The minimum Gasteiger partial charge on any atom is -0.379 e. The van der Waals surface area contributed by atoms with Crippen molar-refractivity contribution < 1.29 is 19.1 Å². The van der Waals surface area contributed by atoms with E-state index in [0.29, 0.717) is 26.2 Å². The largest absolute Gasteiger partial charge is 0.379 e. The van der Waals surface area contributed by atoms with Crippen molar-refractivity contribution >= 4 is 11.7 Å². The molecule has 0 aliphatic rings. The molecule has 310 valence electrons. The van der Waals surface area contributed by atoms with Crippen molar-refractivity contribution in [3.63, 3.8) is 0 Å². The highest BCUT2D eigenvalue weighted by molar-refractivity contribution is 6.36. The van der Waals surface area contributed by atoms with Crippen molar-refractivity contribution in [1.82, 2.24) is 5.32 Å². The van der Waals surface area contributed by atoms with Crippen LogP contribution in [0.1, 0.15) is 258 Å². The molecule has 5 heteroatoms. The predicted molar refractivity (Wildman–Crippen MR) is 226 cm³/mol. The molecule has 1 atom stereocenters. The molecule has 0 aliphatic carbocycles. The van der Waals surface area contributed by atoms with E-state index in [1.165, 1.54) is 199 Å². The van der Waals surface area contributed by atoms with Gasteiger partial charge < -0.3 is 14.8 Å². The second kappa shape index (κ2) is 44.5. The Kier molecular flexibility index (Phi) is 43.7. The standard InChI is InChI=1S/C47H93NO4/c1-4-7-10-13-16-19-21-23-25-27-29-32-35-38-41-51-44-45(43-48-47(50)46(49)40-37-34-31-18-15-12-9-6-3)52-42-39-36-33-30-28-26-24-22-20-17-14-11-8-5-2/h45H,4-44H2,1-3H3,(H,48,50)/t45-/m1/s1. The highest BCUT2D eigenvalue weighted by atomic mass is 16.5. The Balaban J connectivity index is 4.15. The Labute approximate surface area is 326 Å². The summed E-state index contributed by atoms with van der Waals surface area (Å²) in [5.74, 6) is -0.750. The normalized spacial score (nSPS) is 12.1. The first-order valence-electron chi connectivity index (χ1n) is 23.7. The molecule has 0 unspecified atom stereocenters. The van der Waals surface area contributed by atoms with Gasteiger partial charge in [0.1, 0.15) is 0 Å². The van der Waals surface area contributed by atoms with Gasteiger partial charge in [0, 0.05) is 26.2 Å². The number of hydrogen-bond donors (Lipinski definition) is 1. The van der Waals surface area contributed by atoms with Crippen LogP contribution in [0.25, 0.3) is 0 Å². The van der Waals surface area contributed by atoms with E-state index in [2.05, 4.69) is 26.1 Å². The molecule has 0 aromatic carbocycles. The summed E-state index contributed by atoms with van der Waals surface area (Å²) in [6.45, 7) is 9.06. The van der Waals surface area contributed by atoms with Gasteiger partial charge in [-0.3, -0.25) is 9.59 Å². The fourth-order valence-electron chi connectivity index (χ4n) is 7.16. The average molecular weight is 736 g/mol. The number of Topliss-reactive ketones (excluding diaryl/α,β-unsaturated/α-hetero) is 1. The van der Waals surface area contributed by atoms with E-state index >= 15 is 0 Å². The fraction of sp³-hybridized carbons (Fsp3) is 0.957. The van der Waals surface area contributed by atoms with Crippen LogP contribution < -0.4 is 5.32 Å². The third kappa shape index (κ3) is 40.2. The van der Waals surface area contributed by atoms with E-state index in [-0.39, 0.29) is 11.9 Å². The smallest absolute Gasteiger partial charge is 0.287 e. The summed E-state index contributed by atoms with van der Waals surface area (Å²) in [6.07, 6.45) is 47.2. The van der Waals surface area contributed by atoms with Crippen LogP contribution in [0, 0.1) is 0 Å². The number of carbonyl (C=O) groups excluding carboxylic acids is 2. The van der Waals surface area contributed by atoms with Crippen molar-refractivity contribution in [2.45, 2.75) is 264 Å². The molecule has 0 radical (unpaired) electrons. The third-order valence-electron chi connectivity index (χ3n) is 10.8. The number of carbonyl (C=O) groups is 2. The second-order valence-electron chi connectivity index (χ2n) is 16.1. The molecule has 0 aromatic rings. The van der Waals surface area contributed by atoms with Crippen LogP contribution in [0.4, 0.5) is 0 Å². The van der Waals surface area contributed by atoms with Crippen LogP contribution in [0.15, 0.2) is 0 Å². The Morgan fingerprint density at radius 2 is 0.712 bits per heavy atom. The molecule has 0 rings (SSSR count). The molecule has 0 saturated heterocycles.